The summed E-state index contributed by atoms with van der Waals surface area (Å²) in [5.74, 6) is 0.00937. The fraction of sp³-hybridized carbons (Fsp3) is 0.250. The smallest absolute Gasteiger partial charge is 0.259 e. The van der Waals surface area contributed by atoms with Crippen LogP contribution in [0.15, 0.2) is 53.1 Å². The fourth-order valence-electron chi connectivity index (χ4n) is 3.02. The van der Waals surface area contributed by atoms with Crippen LogP contribution in [0.2, 0.25) is 0 Å². The summed E-state index contributed by atoms with van der Waals surface area (Å²) in [6, 6.07) is 12.9. The molecule has 2 heterocycles. The predicted molar refractivity (Wildman–Crippen MR) is 96.4 cm³/mol. The van der Waals surface area contributed by atoms with Crippen molar-refractivity contribution in [3.63, 3.8) is 0 Å². The Morgan fingerprint density at radius 2 is 2.00 bits per heavy atom. The number of nitrogens with one attached hydrogen (secondary N) is 1. The second kappa shape index (κ2) is 7.67. The average molecular weight is 367 g/mol. The second-order valence-corrected chi connectivity index (χ2v) is 6.32. The Hall–Kier alpha value is -3.06. The SMILES string of the molecule is O=C(NC[C@H]1CCCO1)c1ccccc1-c1nc(-c2ccc(F)cc2)no1. The molecule has 0 radical (unpaired) electrons. The lowest BCUT2D eigenvalue weighted by molar-refractivity contribution is 0.0858. The molecule has 1 saturated heterocycles. The Bertz CT molecular complexity index is 934. The summed E-state index contributed by atoms with van der Waals surface area (Å²) in [7, 11) is 0. The number of carbonyl (C=O) groups is 1. The van der Waals surface area contributed by atoms with Gasteiger partial charge in [-0.25, -0.2) is 4.39 Å². The number of carbonyl (C=O) groups excluding carboxylic acids is 1. The van der Waals surface area contributed by atoms with Gasteiger partial charge in [0.1, 0.15) is 5.82 Å². The molecule has 6 nitrogen and oxygen atoms in total. The molecule has 138 valence electrons. The highest BCUT2D eigenvalue weighted by molar-refractivity contribution is 6.00. The summed E-state index contributed by atoms with van der Waals surface area (Å²) >= 11 is 0. The molecule has 1 aliphatic heterocycles. The maximum atomic E-state index is 13.1. The van der Waals surface area contributed by atoms with Crippen molar-refractivity contribution in [3.05, 3.63) is 59.9 Å². The zero-order chi connectivity index (χ0) is 18.6. The molecule has 4 rings (SSSR count). The molecule has 0 aliphatic carbocycles. The first kappa shape index (κ1) is 17.4. The molecule has 1 atom stereocenters. The summed E-state index contributed by atoms with van der Waals surface area (Å²) in [6.45, 7) is 1.21. The van der Waals surface area contributed by atoms with E-state index in [1.807, 2.05) is 0 Å². The summed E-state index contributed by atoms with van der Waals surface area (Å²) in [6.07, 6.45) is 2.03. The molecule has 7 heteroatoms. The van der Waals surface area contributed by atoms with Crippen LogP contribution in [-0.2, 0) is 4.74 Å². The Kier molecular flexibility index (Phi) is 4.93. The van der Waals surface area contributed by atoms with E-state index in [4.69, 9.17) is 9.26 Å². The minimum atomic E-state index is -0.337. The van der Waals surface area contributed by atoms with Crippen LogP contribution in [-0.4, -0.2) is 35.3 Å². The number of benzene rings is 2. The second-order valence-electron chi connectivity index (χ2n) is 6.32. The normalized spacial score (nSPS) is 16.4. The van der Waals surface area contributed by atoms with E-state index in [1.54, 1.807) is 36.4 Å². The average Bonchev–Trinajstić information content (AvgIpc) is 3.39. The number of hydrogen-bond acceptors (Lipinski definition) is 5. The molecule has 3 aromatic rings. The van der Waals surface area contributed by atoms with E-state index in [0.29, 0.717) is 29.1 Å². The predicted octanol–water partition coefficient (Wildman–Crippen LogP) is 3.45. The van der Waals surface area contributed by atoms with Crippen molar-refractivity contribution < 1.29 is 18.4 Å². The Labute approximate surface area is 155 Å². The van der Waals surface area contributed by atoms with Gasteiger partial charge >= 0.3 is 0 Å². The maximum Gasteiger partial charge on any atom is 0.259 e. The van der Waals surface area contributed by atoms with Gasteiger partial charge in [0.15, 0.2) is 0 Å². The van der Waals surface area contributed by atoms with Crippen LogP contribution in [0.1, 0.15) is 23.2 Å². The quantitative estimate of drug-likeness (QED) is 0.747. The van der Waals surface area contributed by atoms with Crippen molar-refractivity contribution in [1.82, 2.24) is 15.5 Å². The largest absolute Gasteiger partial charge is 0.376 e. The zero-order valence-electron chi connectivity index (χ0n) is 14.5. The Morgan fingerprint density at radius 1 is 1.19 bits per heavy atom. The Morgan fingerprint density at radius 3 is 2.78 bits per heavy atom. The van der Waals surface area contributed by atoms with Gasteiger partial charge in [-0.3, -0.25) is 4.79 Å². The molecule has 0 saturated carbocycles. The van der Waals surface area contributed by atoms with Gasteiger partial charge in [0.05, 0.1) is 17.2 Å². The van der Waals surface area contributed by atoms with Crippen molar-refractivity contribution in [2.45, 2.75) is 18.9 Å². The topological polar surface area (TPSA) is 77.2 Å². The van der Waals surface area contributed by atoms with Gasteiger partial charge in [-0.1, -0.05) is 17.3 Å². The molecule has 27 heavy (non-hydrogen) atoms. The van der Waals surface area contributed by atoms with Crippen LogP contribution >= 0.6 is 0 Å². The zero-order valence-corrected chi connectivity index (χ0v) is 14.5. The molecule has 1 N–H and O–H groups in total. The number of aromatic nitrogens is 2. The van der Waals surface area contributed by atoms with Gasteiger partial charge in [0.2, 0.25) is 5.82 Å². The van der Waals surface area contributed by atoms with Gasteiger partial charge in [0.25, 0.3) is 11.8 Å². The molecule has 0 unspecified atom stereocenters. The molecule has 1 aromatic heterocycles. The lowest BCUT2D eigenvalue weighted by atomic mass is 10.1. The molecule has 1 aliphatic rings. The van der Waals surface area contributed by atoms with E-state index in [-0.39, 0.29) is 23.7 Å². The van der Waals surface area contributed by atoms with Crippen molar-refractivity contribution in [2.24, 2.45) is 0 Å². The monoisotopic (exact) mass is 367 g/mol. The van der Waals surface area contributed by atoms with Crippen molar-refractivity contribution in [1.29, 1.82) is 0 Å². The first-order valence-corrected chi connectivity index (χ1v) is 8.79. The van der Waals surface area contributed by atoms with Crippen LogP contribution in [0, 0.1) is 5.82 Å². The van der Waals surface area contributed by atoms with Gasteiger partial charge < -0.3 is 14.6 Å². The Balaban J connectivity index is 1.55. The number of ether oxygens (including phenoxy) is 1. The first-order valence-electron chi connectivity index (χ1n) is 8.79. The summed E-state index contributed by atoms with van der Waals surface area (Å²) in [5, 5.41) is 6.84. The van der Waals surface area contributed by atoms with E-state index in [1.165, 1.54) is 12.1 Å². The highest BCUT2D eigenvalue weighted by Gasteiger charge is 2.20. The number of rotatable bonds is 5. The van der Waals surface area contributed by atoms with E-state index < -0.39 is 0 Å². The molecule has 1 amide bonds. The van der Waals surface area contributed by atoms with E-state index in [9.17, 15) is 9.18 Å². The minimum Gasteiger partial charge on any atom is -0.376 e. The molecular formula is C20H18FN3O3. The van der Waals surface area contributed by atoms with Gasteiger partial charge in [-0.05, 0) is 49.2 Å². The van der Waals surface area contributed by atoms with Gasteiger partial charge in [0, 0.05) is 18.7 Å². The third-order valence-electron chi connectivity index (χ3n) is 4.44. The van der Waals surface area contributed by atoms with Gasteiger partial charge in [-0.15, -0.1) is 0 Å². The van der Waals surface area contributed by atoms with E-state index in [2.05, 4.69) is 15.5 Å². The summed E-state index contributed by atoms with van der Waals surface area (Å²) in [5.41, 5.74) is 1.62. The highest BCUT2D eigenvalue weighted by Crippen LogP contribution is 2.25. The van der Waals surface area contributed by atoms with Crippen molar-refractivity contribution in [3.8, 4) is 22.8 Å². The van der Waals surface area contributed by atoms with Crippen LogP contribution in [0.4, 0.5) is 4.39 Å². The van der Waals surface area contributed by atoms with E-state index in [0.717, 1.165) is 19.4 Å². The molecular weight excluding hydrogens is 349 g/mol. The first-order chi connectivity index (χ1) is 13.2. The molecule has 0 spiro atoms. The van der Waals surface area contributed by atoms with Gasteiger partial charge in [-0.2, -0.15) is 4.98 Å². The molecule has 0 bridgehead atoms. The van der Waals surface area contributed by atoms with Crippen molar-refractivity contribution >= 4 is 5.91 Å². The lowest BCUT2D eigenvalue weighted by Gasteiger charge is -2.11. The third-order valence-corrected chi connectivity index (χ3v) is 4.44. The van der Waals surface area contributed by atoms with E-state index >= 15 is 0 Å². The van der Waals surface area contributed by atoms with Crippen LogP contribution in [0.3, 0.4) is 0 Å². The minimum absolute atomic E-state index is 0.0644. The van der Waals surface area contributed by atoms with Crippen LogP contribution in [0.25, 0.3) is 22.8 Å². The lowest BCUT2D eigenvalue weighted by Crippen LogP contribution is -2.32. The maximum absolute atomic E-state index is 13.1. The molecule has 2 aromatic carbocycles. The summed E-state index contributed by atoms with van der Waals surface area (Å²) in [4.78, 5) is 17.0. The highest BCUT2D eigenvalue weighted by atomic mass is 19.1. The number of amides is 1. The number of nitrogens with zero attached hydrogens (tertiary/aromatic N) is 2. The van der Waals surface area contributed by atoms with Crippen LogP contribution < -0.4 is 5.32 Å². The molecule has 1 fully saturated rings. The third kappa shape index (κ3) is 3.88. The standard InChI is InChI=1S/C20H18FN3O3/c21-14-9-7-13(8-10-14)18-23-20(27-24-18)17-6-2-1-5-16(17)19(25)22-12-15-4-3-11-26-15/h1-2,5-10,15H,3-4,11-12H2,(H,22,25)/t15-/m1/s1. The van der Waals surface area contributed by atoms with Crippen molar-refractivity contribution in [2.75, 3.05) is 13.2 Å². The number of halogens is 1. The fourth-order valence-corrected chi connectivity index (χ4v) is 3.02. The number of hydrogen-bond donors (Lipinski definition) is 1. The van der Waals surface area contributed by atoms with Crippen LogP contribution in [0.5, 0.6) is 0 Å². The summed E-state index contributed by atoms with van der Waals surface area (Å²) < 4.78 is 24.0.